The first kappa shape index (κ1) is 7.73. The van der Waals surface area contributed by atoms with Crippen molar-refractivity contribution in [2.75, 3.05) is 13.1 Å². The lowest BCUT2D eigenvalue weighted by atomic mass is 10.3. The van der Waals surface area contributed by atoms with Gasteiger partial charge in [-0.3, -0.25) is 4.90 Å². The van der Waals surface area contributed by atoms with Crippen LogP contribution in [0.25, 0.3) is 0 Å². The molecule has 4 nitrogen and oxygen atoms in total. The highest BCUT2D eigenvalue weighted by molar-refractivity contribution is 4.75. The van der Waals surface area contributed by atoms with E-state index in [1.54, 1.807) is 6.33 Å². The van der Waals surface area contributed by atoms with Gasteiger partial charge in [0.05, 0.1) is 0 Å². The first-order chi connectivity index (χ1) is 5.90. The smallest absolute Gasteiger partial charge is 0.288 e. The standard InChI is InChI=1S/C8H14N4/c1-2-3-11-4-5-12-8(6-11)9-7-10-12/h7H,2-6H2,1H3/p+1. The monoisotopic (exact) mass is 167 g/mol. The molecule has 1 aromatic rings. The van der Waals surface area contributed by atoms with E-state index in [2.05, 4.69) is 26.6 Å². The summed E-state index contributed by atoms with van der Waals surface area (Å²) >= 11 is 0. The molecule has 1 aliphatic heterocycles. The highest BCUT2D eigenvalue weighted by atomic mass is 15.4. The minimum atomic E-state index is 0.997. The summed E-state index contributed by atoms with van der Waals surface area (Å²) in [5, 5.41) is 3.10. The lowest BCUT2D eigenvalue weighted by molar-refractivity contribution is -0.764. The quantitative estimate of drug-likeness (QED) is 0.625. The average Bonchev–Trinajstić information content (AvgIpc) is 2.51. The SMILES string of the molecule is CCCN1CC[n+]2[nH]cnc2C1. The molecule has 0 saturated carbocycles. The van der Waals surface area contributed by atoms with Crippen molar-refractivity contribution in [3.63, 3.8) is 0 Å². The summed E-state index contributed by atoms with van der Waals surface area (Å²) in [6.45, 7) is 6.60. The third-order valence-corrected chi connectivity index (χ3v) is 2.28. The molecular formula is C8H15N4+. The summed E-state index contributed by atoms with van der Waals surface area (Å²) in [5.41, 5.74) is 0. The van der Waals surface area contributed by atoms with Gasteiger partial charge in [-0.15, -0.1) is 0 Å². The van der Waals surface area contributed by atoms with Crippen LogP contribution in [0.3, 0.4) is 0 Å². The highest BCUT2D eigenvalue weighted by Gasteiger charge is 2.23. The molecule has 2 heterocycles. The number of hydrogen-bond acceptors (Lipinski definition) is 2. The Kier molecular flexibility index (Phi) is 2.08. The first-order valence-corrected chi connectivity index (χ1v) is 4.54. The van der Waals surface area contributed by atoms with Gasteiger partial charge in [-0.05, 0) is 17.9 Å². The molecule has 0 aliphatic carbocycles. The zero-order valence-electron chi connectivity index (χ0n) is 7.45. The number of rotatable bonds is 2. The third-order valence-electron chi connectivity index (χ3n) is 2.28. The fraction of sp³-hybridized carbons (Fsp3) is 0.750. The summed E-state index contributed by atoms with van der Waals surface area (Å²) < 4.78 is 2.12. The summed E-state index contributed by atoms with van der Waals surface area (Å²) in [4.78, 5) is 6.70. The van der Waals surface area contributed by atoms with Crippen molar-refractivity contribution >= 4 is 0 Å². The summed E-state index contributed by atoms with van der Waals surface area (Å²) in [6.07, 6.45) is 3.00. The lowest BCUT2D eigenvalue weighted by Crippen LogP contribution is -2.51. The summed E-state index contributed by atoms with van der Waals surface area (Å²) in [7, 11) is 0. The van der Waals surface area contributed by atoms with E-state index in [1.807, 2.05) is 0 Å². The van der Waals surface area contributed by atoms with Gasteiger partial charge >= 0.3 is 5.82 Å². The van der Waals surface area contributed by atoms with Crippen molar-refractivity contribution in [2.45, 2.75) is 26.4 Å². The molecule has 0 unspecified atom stereocenters. The van der Waals surface area contributed by atoms with Crippen LogP contribution in [0.5, 0.6) is 0 Å². The largest absolute Gasteiger partial charge is 0.332 e. The Balaban J connectivity index is 2.05. The van der Waals surface area contributed by atoms with Crippen LogP contribution in [-0.2, 0) is 13.1 Å². The molecule has 4 heteroatoms. The minimum absolute atomic E-state index is 0.997. The molecule has 0 saturated heterocycles. The number of H-pyrrole nitrogens is 1. The van der Waals surface area contributed by atoms with Crippen LogP contribution in [0.4, 0.5) is 0 Å². The second kappa shape index (κ2) is 3.23. The maximum atomic E-state index is 4.25. The summed E-state index contributed by atoms with van der Waals surface area (Å²) in [6, 6.07) is 0. The topological polar surface area (TPSA) is 35.8 Å². The van der Waals surface area contributed by atoms with E-state index < -0.39 is 0 Å². The number of nitrogens with one attached hydrogen (secondary N) is 1. The van der Waals surface area contributed by atoms with Crippen molar-refractivity contribution in [3.8, 4) is 0 Å². The van der Waals surface area contributed by atoms with Gasteiger partial charge < -0.3 is 0 Å². The first-order valence-electron chi connectivity index (χ1n) is 4.54. The molecule has 0 bridgehead atoms. The van der Waals surface area contributed by atoms with Crippen LogP contribution in [0.15, 0.2) is 6.33 Å². The molecular weight excluding hydrogens is 152 g/mol. The molecule has 1 aromatic heterocycles. The van der Waals surface area contributed by atoms with Gasteiger partial charge in [0.1, 0.15) is 13.1 Å². The second-order valence-corrected chi connectivity index (χ2v) is 3.23. The van der Waals surface area contributed by atoms with Crippen LogP contribution in [0, 0.1) is 0 Å². The zero-order chi connectivity index (χ0) is 8.39. The van der Waals surface area contributed by atoms with E-state index in [9.17, 15) is 0 Å². The van der Waals surface area contributed by atoms with E-state index in [4.69, 9.17) is 0 Å². The molecule has 0 fully saturated rings. The van der Waals surface area contributed by atoms with E-state index in [-0.39, 0.29) is 0 Å². The van der Waals surface area contributed by atoms with E-state index in [1.165, 1.54) is 13.0 Å². The average molecular weight is 167 g/mol. The molecule has 0 spiro atoms. The Morgan fingerprint density at radius 1 is 1.75 bits per heavy atom. The Morgan fingerprint density at radius 3 is 3.50 bits per heavy atom. The fourth-order valence-electron chi connectivity index (χ4n) is 1.66. The molecule has 1 N–H and O–H groups in total. The Hall–Kier alpha value is -0.900. The van der Waals surface area contributed by atoms with Crippen LogP contribution in [0.2, 0.25) is 0 Å². The van der Waals surface area contributed by atoms with Gasteiger partial charge in [-0.25, -0.2) is 0 Å². The molecule has 0 amide bonds. The Bertz CT molecular complexity index is 255. The van der Waals surface area contributed by atoms with Crippen LogP contribution < -0.4 is 4.68 Å². The number of fused-ring (bicyclic) bond motifs is 1. The second-order valence-electron chi connectivity index (χ2n) is 3.23. The number of aromatic nitrogens is 3. The lowest BCUT2D eigenvalue weighted by Gasteiger charge is -2.21. The minimum Gasteiger partial charge on any atom is -0.288 e. The van der Waals surface area contributed by atoms with Crippen LogP contribution in [-0.4, -0.2) is 28.1 Å². The molecule has 0 radical (unpaired) electrons. The van der Waals surface area contributed by atoms with Crippen molar-refractivity contribution in [1.82, 2.24) is 15.0 Å². The van der Waals surface area contributed by atoms with Gasteiger partial charge in [-0.1, -0.05) is 6.92 Å². The van der Waals surface area contributed by atoms with E-state index in [0.29, 0.717) is 0 Å². The van der Waals surface area contributed by atoms with Crippen LogP contribution in [0.1, 0.15) is 19.2 Å². The van der Waals surface area contributed by atoms with Crippen molar-refractivity contribution in [3.05, 3.63) is 12.2 Å². The van der Waals surface area contributed by atoms with Gasteiger partial charge in [0, 0.05) is 6.54 Å². The fourth-order valence-corrected chi connectivity index (χ4v) is 1.66. The molecule has 2 rings (SSSR count). The zero-order valence-corrected chi connectivity index (χ0v) is 7.45. The number of nitrogens with zero attached hydrogens (tertiary/aromatic N) is 3. The van der Waals surface area contributed by atoms with Gasteiger partial charge in [-0.2, -0.15) is 9.78 Å². The van der Waals surface area contributed by atoms with Crippen molar-refractivity contribution in [1.29, 1.82) is 0 Å². The highest BCUT2D eigenvalue weighted by Crippen LogP contribution is 2.01. The van der Waals surface area contributed by atoms with E-state index >= 15 is 0 Å². The maximum absolute atomic E-state index is 4.25. The molecule has 12 heavy (non-hydrogen) atoms. The molecule has 0 atom stereocenters. The predicted octanol–water partition coefficient (Wildman–Crippen LogP) is -0.0772. The van der Waals surface area contributed by atoms with Gasteiger partial charge in [0.25, 0.3) is 0 Å². The van der Waals surface area contributed by atoms with E-state index in [0.717, 1.165) is 25.5 Å². The number of hydrogen-bond donors (Lipinski definition) is 1. The maximum Gasteiger partial charge on any atom is 0.332 e. The molecule has 66 valence electrons. The molecule has 1 aliphatic rings. The third kappa shape index (κ3) is 1.34. The van der Waals surface area contributed by atoms with Crippen molar-refractivity contribution < 1.29 is 4.68 Å². The molecule has 0 aromatic carbocycles. The Morgan fingerprint density at radius 2 is 2.67 bits per heavy atom. The normalized spacial score (nSPS) is 17.8. The van der Waals surface area contributed by atoms with Gasteiger partial charge in [0.15, 0.2) is 0 Å². The van der Waals surface area contributed by atoms with Gasteiger partial charge in [0.2, 0.25) is 6.33 Å². The Labute approximate surface area is 72.2 Å². The summed E-state index contributed by atoms with van der Waals surface area (Å²) in [5.74, 6) is 1.16. The van der Waals surface area contributed by atoms with Crippen molar-refractivity contribution in [2.24, 2.45) is 0 Å². The van der Waals surface area contributed by atoms with Crippen LogP contribution >= 0.6 is 0 Å². The predicted molar refractivity (Wildman–Crippen MR) is 44.4 cm³/mol. The number of aromatic amines is 1.